The van der Waals surface area contributed by atoms with Crippen molar-refractivity contribution in [2.45, 2.75) is 18.7 Å². The van der Waals surface area contributed by atoms with E-state index in [0.29, 0.717) is 21.6 Å². The van der Waals surface area contributed by atoms with Crippen LogP contribution in [0.25, 0.3) is 0 Å². The summed E-state index contributed by atoms with van der Waals surface area (Å²) in [5.41, 5.74) is 1.51. The molecular formula is C20H21ClN4O3S. The molecule has 0 atom stereocenters. The second-order valence-electron chi connectivity index (χ2n) is 5.47. The molecule has 0 fully saturated rings. The van der Waals surface area contributed by atoms with Gasteiger partial charge in [0.2, 0.25) is 5.88 Å². The molecule has 1 amide bonds. The van der Waals surface area contributed by atoms with E-state index in [1.54, 1.807) is 32.4 Å². The molecule has 0 aliphatic carbocycles. The van der Waals surface area contributed by atoms with Crippen molar-refractivity contribution in [3.05, 3.63) is 65.1 Å². The van der Waals surface area contributed by atoms with Crippen molar-refractivity contribution in [2.24, 2.45) is 4.99 Å². The van der Waals surface area contributed by atoms with Gasteiger partial charge in [0.1, 0.15) is 17.9 Å². The summed E-state index contributed by atoms with van der Waals surface area (Å²) in [5, 5.41) is 3.60. The Balaban J connectivity index is 2.23. The molecule has 0 bridgehead atoms. The summed E-state index contributed by atoms with van der Waals surface area (Å²) in [6.07, 6.45) is 7.84. The van der Waals surface area contributed by atoms with Crippen LogP contribution in [0.5, 0.6) is 11.6 Å². The maximum Gasteiger partial charge on any atom is 0.262 e. The van der Waals surface area contributed by atoms with Crippen LogP contribution in [-0.2, 0) is 6.61 Å². The van der Waals surface area contributed by atoms with E-state index < -0.39 is 5.91 Å². The molecule has 1 heterocycles. The first kappa shape index (κ1) is 22.4. The number of methoxy groups -OCH3 is 1. The quantitative estimate of drug-likeness (QED) is 0.275. The van der Waals surface area contributed by atoms with E-state index in [-0.39, 0.29) is 18.1 Å². The molecule has 0 saturated heterocycles. The lowest BCUT2D eigenvalue weighted by atomic mass is 10.2. The number of allylic oxidation sites excluding steroid dienone is 1. The number of nitrogens with one attached hydrogen (secondary N) is 1. The Hall–Kier alpha value is -2.84. The van der Waals surface area contributed by atoms with E-state index in [1.165, 1.54) is 30.2 Å². The van der Waals surface area contributed by atoms with E-state index in [2.05, 4.69) is 26.9 Å². The fraction of sp³-hybridized carbons (Fsp3) is 0.200. The Labute approximate surface area is 178 Å². The summed E-state index contributed by atoms with van der Waals surface area (Å²) in [6.45, 7) is 5.59. The molecule has 7 nitrogen and oxygen atoms in total. The van der Waals surface area contributed by atoms with Gasteiger partial charge < -0.3 is 14.8 Å². The summed E-state index contributed by atoms with van der Waals surface area (Å²) in [6, 6.07) is 5.30. The lowest BCUT2D eigenvalue weighted by molar-refractivity contribution is 0.0963. The fourth-order valence-corrected chi connectivity index (χ4v) is 2.79. The highest BCUT2D eigenvalue weighted by molar-refractivity contribution is 7.98. The third-order valence-electron chi connectivity index (χ3n) is 3.59. The second-order valence-corrected chi connectivity index (χ2v) is 6.65. The first-order valence-electron chi connectivity index (χ1n) is 8.50. The number of hydrogen-bond acceptors (Lipinski definition) is 7. The third kappa shape index (κ3) is 6.33. The lowest BCUT2D eigenvalue weighted by Gasteiger charge is -2.11. The van der Waals surface area contributed by atoms with Crippen molar-refractivity contribution in [1.29, 1.82) is 0 Å². The first-order chi connectivity index (χ1) is 14.0. The van der Waals surface area contributed by atoms with E-state index in [4.69, 9.17) is 21.1 Å². The number of aliphatic imine (C=N–C) groups is 1. The van der Waals surface area contributed by atoms with Crippen molar-refractivity contribution in [1.82, 2.24) is 15.3 Å². The molecule has 9 heteroatoms. The van der Waals surface area contributed by atoms with Gasteiger partial charge in [0, 0.05) is 18.6 Å². The van der Waals surface area contributed by atoms with Crippen LogP contribution in [-0.4, -0.2) is 35.5 Å². The van der Waals surface area contributed by atoms with Crippen LogP contribution in [0.4, 0.5) is 0 Å². The van der Waals surface area contributed by atoms with Gasteiger partial charge in [-0.2, -0.15) is 4.98 Å². The molecule has 0 aliphatic heterocycles. The molecule has 152 valence electrons. The zero-order valence-corrected chi connectivity index (χ0v) is 17.9. The number of halogens is 1. The second kappa shape index (κ2) is 11.2. The smallest absolute Gasteiger partial charge is 0.262 e. The average Bonchev–Trinajstić information content (AvgIpc) is 2.74. The van der Waals surface area contributed by atoms with Crippen LogP contribution in [0.2, 0.25) is 5.02 Å². The van der Waals surface area contributed by atoms with Crippen molar-refractivity contribution in [3.8, 4) is 11.6 Å². The van der Waals surface area contributed by atoms with E-state index in [0.717, 1.165) is 5.56 Å². The number of carbonyl (C=O) groups is 1. The molecule has 2 aromatic rings. The zero-order chi connectivity index (χ0) is 21.2. The average molecular weight is 433 g/mol. The number of aromatic nitrogens is 2. The van der Waals surface area contributed by atoms with Gasteiger partial charge in [-0.05, 0) is 37.0 Å². The SMILES string of the molecule is C=C/C(=C/NC(=O)c1cnc(SC)nc1OCc1ccc(OC)c(Cl)c1)N=CC. The first-order valence-corrected chi connectivity index (χ1v) is 10.1. The third-order valence-corrected chi connectivity index (χ3v) is 4.45. The van der Waals surface area contributed by atoms with Crippen molar-refractivity contribution in [2.75, 3.05) is 13.4 Å². The van der Waals surface area contributed by atoms with Crippen molar-refractivity contribution < 1.29 is 14.3 Å². The minimum Gasteiger partial charge on any atom is -0.495 e. The van der Waals surface area contributed by atoms with Crippen LogP contribution in [0.1, 0.15) is 22.8 Å². The number of nitrogens with zero attached hydrogens (tertiary/aromatic N) is 3. The minimum absolute atomic E-state index is 0.168. The molecule has 0 radical (unpaired) electrons. The number of hydrogen-bond donors (Lipinski definition) is 1. The molecule has 0 aliphatic rings. The molecule has 1 aromatic carbocycles. The number of carbonyl (C=O) groups excluding carboxylic acids is 1. The van der Waals surface area contributed by atoms with E-state index in [9.17, 15) is 4.79 Å². The Bertz CT molecular complexity index is 947. The van der Waals surface area contributed by atoms with Crippen LogP contribution >= 0.6 is 23.4 Å². The number of rotatable bonds is 9. The Morgan fingerprint density at radius 1 is 1.45 bits per heavy atom. The van der Waals surface area contributed by atoms with Gasteiger partial charge in [-0.25, -0.2) is 4.98 Å². The topological polar surface area (TPSA) is 85.7 Å². The largest absolute Gasteiger partial charge is 0.495 e. The molecule has 1 N–H and O–H groups in total. The predicted molar refractivity (Wildman–Crippen MR) is 116 cm³/mol. The summed E-state index contributed by atoms with van der Waals surface area (Å²) in [7, 11) is 1.55. The standard InChI is InChI=1S/C20H21ClN4O3S/c1-5-14(22-6-2)10-23-18(26)15-11-24-20(29-4)25-19(15)28-12-13-7-8-17(27-3)16(21)9-13/h5-11H,1,12H2,2-4H3,(H,23,26)/b14-10-,22-6?. The van der Waals surface area contributed by atoms with Crippen molar-refractivity contribution >= 4 is 35.5 Å². The van der Waals surface area contributed by atoms with Crippen LogP contribution < -0.4 is 14.8 Å². The van der Waals surface area contributed by atoms with E-state index in [1.807, 2.05) is 12.3 Å². The van der Waals surface area contributed by atoms with Gasteiger partial charge >= 0.3 is 0 Å². The summed E-state index contributed by atoms with van der Waals surface area (Å²) >= 11 is 7.50. The van der Waals surface area contributed by atoms with Gasteiger partial charge in [-0.15, -0.1) is 0 Å². The zero-order valence-electron chi connectivity index (χ0n) is 16.3. The highest BCUT2D eigenvalue weighted by atomic mass is 35.5. The molecule has 29 heavy (non-hydrogen) atoms. The molecule has 0 spiro atoms. The van der Waals surface area contributed by atoms with Crippen molar-refractivity contribution in [3.63, 3.8) is 0 Å². The number of ether oxygens (including phenoxy) is 2. The lowest BCUT2D eigenvalue weighted by Crippen LogP contribution is -2.20. The molecule has 1 aromatic heterocycles. The normalized spacial score (nSPS) is 11.4. The Morgan fingerprint density at radius 3 is 2.86 bits per heavy atom. The maximum atomic E-state index is 12.6. The fourth-order valence-electron chi connectivity index (χ4n) is 2.18. The number of benzene rings is 1. The highest BCUT2D eigenvalue weighted by Gasteiger charge is 2.16. The van der Waals surface area contributed by atoms with Crippen LogP contribution in [0.3, 0.4) is 0 Å². The maximum absolute atomic E-state index is 12.6. The Morgan fingerprint density at radius 2 is 2.24 bits per heavy atom. The molecule has 0 unspecified atom stereocenters. The Kier molecular flexibility index (Phi) is 8.69. The molecule has 2 rings (SSSR count). The molecular weight excluding hydrogens is 412 g/mol. The van der Waals surface area contributed by atoms with Crippen LogP contribution in [0, 0.1) is 0 Å². The summed E-state index contributed by atoms with van der Waals surface area (Å²) in [5.74, 6) is 0.314. The van der Waals surface area contributed by atoms with Gasteiger partial charge in [-0.1, -0.05) is 36.0 Å². The summed E-state index contributed by atoms with van der Waals surface area (Å²) < 4.78 is 10.9. The van der Waals surface area contributed by atoms with Crippen LogP contribution in [0.15, 0.2) is 59.1 Å². The monoisotopic (exact) mass is 432 g/mol. The predicted octanol–water partition coefficient (Wildman–Crippen LogP) is 4.29. The highest BCUT2D eigenvalue weighted by Crippen LogP contribution is 2.26. The summed E-state index contributed by atoms with van der Waals surface area (Å²) in [4.78, 5) is 25.1. The minimum atomic E-state index is -0.425. The van der Waals surface area contributed by atoms with Gasteiger partial charge in [0.25, 0.3) is 5.91 Å². The van der Waals surface area contributed by atoms with Gasteiger partial charge in [0.05, 0.1) is 17.8 Å². The molecule has 0 saturated carbocycles. The van der Waals surface area contributed by atoms with E-state index >= 15 is 0 Å². The van der Waals surface area contributed by atoms with Gasteiger partial charge in [-0.3, -0.25) is 9.79 Å². The van der Waals surface area contributed by atoms with Gasteiger partial charge in [0.15, 0.2) is 5.16 Å². The number of amides is 1. The number of thioether (sulfide) groups is 1.